The number of hydrogen-bond donors (Lipinski definition) is 1. The summed E-state index contributed by atoms with van der Waals surface area (Å²) in [5.74, 6) is -0.148. The van der Waals surface area contributed by atoms with Crippen LogP contribution in [-0.2, 0) is 9.53 Å². The quantitative estimate of drug-likeness (QED) is 0.828. The highest BCUT2D eigenvalue weighted by molar-refractivity contribution is 5.89. The maximum Gasteiger partial charge on any atom is 0.408 e. The Morgan fingerprint density at radius 2 is 1.50 bits per heavy atom. The lowest BCUT2D eigenvalue weighted by Crippen LogP contribution is -2.56. The maximum absolute atomic E-state index is 12.3. The molecule has 6 heteroatoms. The summed E-state index contributed by atoms with van der Waals surface area (Å²) in [6.07, 6.45) is -0.586. The van der Waals surface area contributed by atoms with Crippen molar-refractivity contribution in [3.63, 3.8) is 0 Å². The number of carbonyl (C=O) groups excluding carboxylic acids is 2. The summed E-state index contributed by atoms with van der Waals surface area (Å²) in [7, 11) is 5.62. The predicted octanol–water partition coefficient (Wildman–Crippen LogP) is 1.31. The molecular formula is C14H29N3O3. The van der Waals surface area contributed by atoms with E-state index in [0.717, 1.165) is 6.54 Å². The fourth-order valence-electron chi connectivity index (χ4n) is 1.54. The summed E-state index contributed by atoms with van der Waals surface area (Å²) in [4.78, 5) is 27.7. The van der Waals surface area contributed by atoms with E-state index in [0.29, 0.717) is 6.54 Å². The topological polar surface area (TPSA) is 61.9 Å². The molecule has 20 heavy (non-hydrogen) atoms. The van der Waals surface area contributed by atoms with Gasteiger partial charge in [0, 0.05) is 20.1 Å². The van der Waals surface area contributed by atoms with Gasteiger partial charge < -0.3 is 19.9 Å². The van der Waals surface area contributed by atoms with Gasteiger partial charge in [0.15, 0.2) is 0 Å². The van der Waals surface area contributed by atoms with Crippen LogP contribution in [0.15, 0.2) is 0 Å². The molecule has 0 aliphatic rings. The van der Waals surface area contributed by atoms with Crippen LogP contribution >= 0.6 is 0 Å². The van der Waals surface area contributed by atoms with Gasteiger partial charge in [0.25, 0.3) is 0 Å². The molecule has 0 unspecified atom stereocenters. The number of amides is 2. The Hall–Kier alpha value is -1.30. The monoisotopic (exact) mass is 287 g/mol. The molecule has 118 valence electrons. The zero-order valence-electron chi connectivity index (χ0n) is 14.0. The summed E-state index contributed by atoms with van der Waals surface area (Å²) in [6.45, 7) is 10.1. The third-order valence-electron chi connectivity index (χ3n) is 2.58. The number of likely N-dealkylation sites (N-methyl/N-ethyl adjacent to an activating group) is 2. The first-order valence-electron chi connectivity index (χ1n) is 6.76. The van der Waals surface area contributed by atoms with Crippen LogP contribution < -0.4 is 5.32 Å². The first-order chi connectivity index (χ1) is 8.85. The zero-order valence-corrected chi connectivity index (χ0v) is 14.0. The van der Waals surface area contributed by atoms with Crippen molar-refractivity contribution in [2.45, 2.75) is 45.8 Å². The molecular weight excluding hydrogens is 258 g/mol. The first-order valence-corrected chi connectivity index (χ1v) is 6.76. The highest BCUT2D eigenvalue weighted by atomic mass is 16.6. The number of nitrogens with zero attached hydrogens (tertiary/aromatic N) is 2. The molecule has 0 rings (SSSR count). The molecule has 0 aromatic carbocycles. The molecule has 0 fully saturated rings. The second kappa shape index (κ2) is 6.92. The van der Waals surface area contributed by atoms with Crippen LogP contribution in [0.3, 0.4) is 0 Å². The summed E-state index contributed by atoms with van der Waals surface area (Å²) in [5, 5.41) is 2.62. The van der Waals surface area contributed by atoms with Crippen LogP contribution in [0, 0.1) is 0 Å². The Labute approximate surface area is 122 Å². The van der Waals surface area contributed by atoms with Gasteiger partial charge >= 0.3 is 6.09 Å². The van der Waals surface area contributed by atoms with Crippen molar-refractivity contribution in [1.82, 2.24) is 15.1 Å². The molecule has 1 N–H and O–H groups in total. The Bertz CT molecular complexity index is 346. The average Bonchev–Trinajstić information content (AvgIpc) is 2.20. The van der Waals surface area contributed by atoms with Crippen LogP contribution in [0.1, 0.15) is 34.6 Å². The van der Waals surface area contributed by atoms with Crippen molar-refractivity contribution < 1.29 is 14.3 Å². The van der Waals surface area contributed by atoms with E-state index in [4.69, 9.17) is 4.74 Å². The van der Waals surface area contributed by atoms with Gasteiger partial charge in [-0.15, -0.1) is 0 Å². The highest BCUT2D eigenvalue weighted by Gasteiger charge is 2.33. The van der Waals surface area contributed by atoms with Crippen molar-refractivity contribution in [1.29, 1.82) is 0 Å². The third-order valence-corrected chi connectivity index (χ3v) is 2.58. The molecule has 0 saturated carbocycles. The SMILES string of the molecule is CN(C)CCN(C)C(=O)C(C)(C)NC(=O)OC(C)(C)C. The standard InChI is InChI=1S/C14H29N3O3/c1-13(2,3)20-12(19)15-14(4,5)11(18)17(8)10-9-16(6)7/h9-10H2,1-8H3,(H,15,19). The number of hydrogen-bond acceptors (Lipinski definition) is 4. The van der Waals surface area contributed by atoms with E-state index in [1.807, 2.05) is 19.0 Å². The molecule has 2 amide bonds. The second-order valence-corrected chi connectivity index (χ2v) is 6.78. The van der Waals surface area contributed by atoms with E-state index in [2.05, 4.69) is 5.32 Å². The molecule has 0 heterocycles. The van der Waals surface area contributed by atoms with Crippen LogP contribution in [-0.4, -0.2) is 67.2 Å². The van der Waals surface area contributed by atoms with Crippen molar-refractivity contribution in [3.8, 4) is 0 Å². The van der Waals surface area contributed by atoms with E-state index in [1.165, 1.54) is 0 Å². The molecule has 0 aliphatic heterocycles. The minimum atomic E-state index is -0.997. The van der Waals surface area contributed by atoms with Gasteiger partial charge in [-0.2, -0.15) is 0 Å². The lowest BCUT2D eigenvalue weighted by molar-refractivity contribution is -0.135. The van der Waals surface area contributed by atoms with Gasteiger partial charge in [0.05, 0.1) is 0 Å². The third kappa shape index (κ3) is 7.33. The van der Waals surface area contributed by atoms with Crippen molar-refractivity contribution >= 4 is 12.0 Å². The average molecular weight is 287 g/mol. The zero-order chi connectivity index (χ0) is 16.1. The van der Waals surface area contributed by atoms with Gasteiger partial charge in [-0.1, -0.05) is 0 Å². The van der Waals surface area contributed by atoms with Gasteiger partial charge in [-0.05, 0) is 48.7 Å². The molecule has 0 aromatic heterocycles. The number of rotatable bonds is 5. The van der Waals surface area contributed by atoms with Crippen LogP contribution in [0.5, 0.6) is 0 Å². The van der Waals surface area contributed by atoms with Crippen molar-refractivity contribution in [3.05, 3.63) is 0 Å². The van der Waals surface area contributed by atoms with E-state index in [9.17, 15) is 9.59 Å². The second-order valence-electron chi connectivity index (χ2n) is 6.78. The Balaban J connectivity index is 4.54. The van der Waals surface area contributed by atoms with Gasteiger partial charge in [0.2, 0.25) is 5.91 Å². The van der Waals surface area contributed by atoms with E-state index in [1.54, 1.807) is 46.6 Å². The van der Waals surface area contributed by atoms with Gasteiger partial charge in [-0.25, -0.2) is 4.79 Å². The van der Waals surface area contributed by atoms with Crippen LogP contribution in [0.4, 0.5) is 4.79 Å². The van der Waals surface area contributed by atoms with Crippen LogP contribution in [0.2, 0.25) is 0 Å². The number of carbonyl (C=O) groups is 2. The maximum atomic E-state index is 12.3. The Morgan fingerprint density at radius 3 is 1.90 bits per heavy atom. The fraction of sp³-hybridized carbons (Fsp3) is 0.857. The molecule has 0 aromatic rings. The first kappa shape index (κ1) is 18.7. The Morgan fingerprint density at radius 1 is 1.00 bits per heavy atom. The molecule has 0 spiro atoms. The molecule has 0 bridgehead atoms. The van der Waals surface area contributed by atoms with Crippen LogP contribution in [0.25, 0.3) is 0 Å². The predicted molar refractivity (Wildman–Crippen MR) is 79.6 cm³/mol. The minimum Gasteiger partial charge on any atom is -0.444 e. The largest absolute Gasteiger partial charge is 0.444 e. The normalized spacial score (nSPS) is 12.2. The van der Waals surface area contributed by atoms with Crippen molar-refractivity contribution in [2.75, 3.05) is 34.2 Å². The molecule has 0 radical (unpaired) electrons. The van der Waals surface area contributed by atoms with E-state index < -0.39 is 17.2 Å². The lowest BCUT2D eigenvalue weighted by Gasteiger charge is -2.31. The molecule has 6 nitrogen and oxygen atoms in total. The Kier molecular flexibility index (Phi) is 6.47. The summed E-state index contributed by atoms with van der Waals surface area (Å²) < 4.78 is 5.17. The summed E-state index contributed by atoms with van der Waals surface area (Å²) >= 11 is 0. The fourth-order valence-corrected chi connectivity index (χ4v) is 1.54. The van der Waals surface area contributed by atoms with Gasteiger partial charge in [-0.3, -0.25) is 4.79 Å². The smallest absolute Gasteiger partial charge is 0.408 e. The van der Waals surface area contributed by atoms with E-state index >= 15 is 0 Å². The number of nitrogens with one attached hydrogen (secondary N) is 1. The molecule has 0 saturated heterocycles. The van der Waals surface area contributed by atoms with Gasteiger partial charge in [0.1, 0.15) is 11.1 Å². The minimum absolute atomic E-state index is 0.148. The molecule has 0 aliphatic carbocycles. The number of alkyl carbamates (subject to hydrolysis) is 1. The lowest BCUT2D eigenvalue weighted by atomic mass is 10.0. The highest BCUT2D eigenvalue weighted by Crippen LogP contribution is 2.11. The van der Waals surface area contributed by atoms with Crippen molar-refractivity contribution in [2.24, 2.45) is 0 Å². The van der Waals surface area contributed by atoms with E-state index in [-0.39, 0.29) is 5.91 Å². The number of ether oxygens (including phenoxy) is 1. The molecule has 0 atom stereocenters. The summed E-state index contributed by atoms with van der Waals surface area (Å²) in [5.41, 5.74) is -1.58. The summed E-state index contributed by atoms with van der Waals surface area (Å²) in [6, 6.07) is 0.